The van der Waals surface area contributed by atoms with Gasteiger partial charge in [-0.1, -0.05) is 56.3 Å². The maximum Gasteiger partial charge on any atom is 0.225 e. The summed E-state index contributed by atoms with van der Waals surface area (Å²) >= 11 is 0. The maximum absolute atomic E-state index is 12.2. The summed E-state index contributed by atoms with van der Waals surface area (Å²) in [5.41, 5.74) is 1.78. The molecule has 1 amide bonds. The molecule has 0 fully saturated rings. The van der Waals surface area contributed by atoms with Gasteiger partial charge in [-0.3, -0.25) is 4.79 Å². The van der Waals surface area contributed by atoms with Gasteiger partial charge in [0, 0.05) is 24.1 Å². The monoisotopic (exact) mass is 286 g/mol. The lowest BCUT2D eigenvalue weighted by atomic mass is 10.1. The lowest BCUT2D eigenvalue weighted by Crippen LogP contribution is -2.34. The average Bonchev–Trinajstić information content (AvgIpc) is 2.95. The van der Waals surface area contributed by atoms with Crippen LogP contribution in [0.3, 0.4) is 0 Å². The lowest BCUT2D eigenvalue weighted by molar-refractivity contribution is -0.135. The van der Waals surface area contributed by atoms with Gasteiger partial charge >= 0.3 is 0 Å². The Hall–Kier alpha value is -2.10. The standard InChI is InChI=1S/C17H22N2O2/c1-4-10-19(17(20)13(2)3)12-15-11-16(21-18-15)14-8-6-5-7-9-14/h5-9,11,13H,4,10,12H2,1-3H3. The minimum atomic E-state index is -0.00274. The Morgan fingerprint density at radius 2 is 2.00 bits per heavy atom. The molecule has 0 saturated carbocycles. The second-order valence-electron chi connectivity index (χ2n) is 5.46. The van der Waals surface area contributed by atoms with Crippen LogP contribution in [0, 0.1) is 5.92 Å². The zero-order valence-electron chi connectivity index (χ0n) is 12.9. The molecule has 21 heavy (non-hydrogen) atoms. The van der Waals surface area contributed by atoms with E-state index in [-0.39, 0.29) is 11.8 Å². The molecule has 0 atom stereocenters. The summed E-state index contributed by atoms with van der Waals surface area (Å²) in [7, 11) is 0. The summed E-state index contributed by atoms with van der Waals surface area (Å²) in [6, 6.07) is 11.8. The van der Waals surface area contributed by atoms with Crippen molar-refractivity contribution in [1.82, 2.24) is 10.1 Å². The summed E-state index contributed by atoms with van der Waals surface area (Å²) in [6.07, 6.45) is 0.932. The van der Waals surface area contributed by atoms with Gasteiger partial charge in [0.1, 0.15) is 5.69 Å². The first-order valence-electron chi connectivity index (χ1n) is 7.41. The smallest absolute Gasteiger partial charge is 0.225 e. The number of carbonyl (C=O) groups excluding carboxylic acids is 1. The van der Waals surface area contributed by atoms with Crippen LogP contribution >= 0.6 is 0 Å². The quantitative estimate of drug-likeness (QED) is 0.812. The van der Waals surface area contributed by atoms with E-state index in [2.05, 4.69) is 12.1 Å². The molecule has 0 bridgehead atoms. The molecule has 4 heteroatoms. The van der Waals surface area contributed by atoms with Crippen LogP contribution < -0.4 is 0 Å². The Labute approximate surface area is 125 Å². The minimum Gasteiger partial charge on any atom is -0.356 e. The van der Waals surface area contributed by atoms with Crippen molar-refractivity contribution in [2.45, 2.75) is 33.7 Å². The SMILES string of the molecule is CCCN(Cc1cc(-c2ccccc2)on1)C(=O)C(C)C. The molecule has 1 heterocycles. The van der Waals surface area contributed by atoms with Gasteiger partial charge < -0.3 is 9.42 Å². The average molecular weight is 286 g/mol. The van der Waals surface area contributed by atoms with E-state index in [1.54, 1.807) is 0 Å². The van der Waals surface area contributed by atoms with Crippen molar-refractivity contribution < 1.29 is 9.32 Å². The van der Waals surface area contributed by atoms with E-state index in [1.807, 2.05) is 55.1 Å². The predicted molar refractivity (Wildman–Crippen MR) is 82.5 cm³/mol. The first-order valence-corrected chi connectivity index (χ1v) is 7.41. The molecule has 0 N–H and O–H groups in total. The Morgan fingerprint density at radius 3 is 2.62 bits per heavy atom. The second-order valence-corrected chi connectivity index (χ2v) is 5.46. The van der Waals surface area contributed by atoms with Gasteiger partial charge in [0.25, 0.3) is 0 Å². The van der Waals surface area contributed by atoms with Crippen molar-refractivity contribution in [3.8, 4) is 11.3 Å². The molecule has 1 aromatic heterocycles. The van der Waals surface area contributed by atoms with Crippen LogP contribution in [0.5, 0.6) is 0 Å². The van der Waals surface area contributed by atoms with Crippen LogP contribution in [0.2, 0.25) is 0 Å². The van der Waals surface area contributed by atoms with Gasteiger partial charge in [0.2, 0.25) is 5.91 Å². The van der Waals surface area contributed by atoms with Gasteiger partial charge in [-0.2, -0.15) is 0 Å². The molecule has 0 aliphatic carbocycles. The molecule has 1 aromatic carbocycles. The number of nitrogens with zero attached hydrogens (tertiary/aromatic N) is 2. The topological polar surface area (TPSA) is 46.3 Å². The number of rotatable bonds is 6. The largest absolute Gasteiger partial charge is 0.356 e. The highest BCUT2D eigenvalue weighted by molar-refractivity contribution is 5.78. The van der Waals surface area contributed by atoms with Crippen LogP contribution in [-0.4, -0.2) is 22.5 Å². The lowest BCUT2D eigenvalue weighted by Gasteiger charge is -2.22. The van der Waals surface area contributed by atoms with Crippen LogP contribution in [0.4, 0.5) is 0 Å². The molecule has 0 aliphatic heterocycles. The molecule has 2 rings (SSSR count). The summed E-state index contributed by atoms with van der Waals surface area (Å²) in [6.45, 7) is 7.15. The third-order valence-corrected chi connectivity index (χ3v) is 3.27. The molecule has 2 aromatic rings. The van der Waals surface area contributed by atoms with Crippen molar-refractivity contribution in [2.24, 2.45) is 5.92 Å². The second kappa shape index (κ2) is 7.07. The van der Waals surface area contributed by atoms with Crippen molar-refractivity contribution in [3.63, 3.8) is 0 Å². The predicted octanol–water partition coefficient (Wildman–Crippen LogP) is 3.74. The van der Waals surface area contributed by atoms with Crippen LogP contribution in [0.25, 0.3) is 11.3 Å². The van der Waals surface area contributed by atoms with Crippen LogP contribution in [0.1, 0.15) is 32.9 Å². The number of hydrogen-bond acceptors (Lipinski definition) is 3. The molecule has 4 nitrogen and oxygen atoms in total. The van der Waals surface area contributed by atoms with Crippen LogP contribution in [-0.2, 0) is 11.3 Å². The normalized spacial score (nSPS) is 10.9. The maximum atomic E-state index is 12.2. The first-order chi connectivity index (χ1) is 10.1. The molecule has 0 unspecified atom stereocenters. The van der Waals surface area contributed by atoms with Gasteiger partial charge in [-0.15, -0.1) is 0 Å². The Morgan fingerprint density at radius 1 is 1.29 bits per heavy atom. The van der Waals surface area contributed by atoms with E-state index in [0.29, 0.717) is 6.54 Å². The van der Waals surface area contributed by atoms with Gasteiger partial charge in [0.05, 0.1) is 6.54 Å². The molecular weight excluding hydrogens is 264 g/mol. The number of aromatic nitrogens is 1. The molecular formula is C17H22N2O2. The van der Waals surface area contributed by atoms with Crippen molar-refractivity contribution in [1.29, 1.82) is 0 Å². The van der Waals surface area contributed by atoms with E-state index in [9.17, 15) is 4.79 Å². The van der Waals surface area contributed by atoms with Crippen LogP contribution in [0.15, 0.2) is 40.9 Å². The van der Waals surface area contributed by atoms with E-state index >= 15 is 0 Å². The van der Waals surface area contributed by atoms with Gasteiger partial charge in [0.15, 0.2) is 5.76 Å². The fraction of sp³-hybridized carbons (Fsp3) is 0.412. The summed E-state index contributed by atoms with van der Waals surface area (Å²) in [4.78, 5) is 14.0. The molecule has 0 radical (unpaired) electrons. The summed E-state index contributed by atoms with van der Waals surface area (Å²) in [5.74, 6) is 0.886. The van der Waals surface area contributed by atoms with Gasteiger partial charge in [-0.05, 0) is 6.42 Å². The summed E-state index contributed by atoms with van der Waals surface area (Å²) in [5, 5.41) is 4.09. The Kier molecular flexibility index (Phi) is 5.14. The molecule has 0 aliphatic rings. The van der Waals surface area contributed by atoms with E-state index in [4.69, 9.17) is 4.52 Å². The fourth-order valence-corrected chi connectivity index (χ4v) is 2.22. The zero-order chi connectivity index (χ0) is 15.2. The van der Waals surface area contributed by atoms with E-state index < -0.39 is 0 Å². The van der Waals surface area contributed by atoms with Crippen molar-refractivity contribution in [3.05, 3.63) is 42.1 Å². The summed E-state index contributed by atoms with van der Waals surface area (Å²) < 4.78 is 5.38. The van der Waals surface area contributed by atoms with Crippen molar-refractivity contribution in [2.75, 3.05) is 6.54 Å². The minimum absolute atomic E-state index is 0.00274. The molecule has 0 saturated heterocycles. The number of hydrogen-bond donors (Lipinski definition) is 0. The number of amides is 1. The Bertz CT molecular complexity index is 575. The number of benzene rings is 1. The number of carbonyl (C=O) groups is 1. The fourth-order valence-electron chi connectivity index (χ4n) is 2.22. The molecule has 112 valence electrons. The van der Waals surface area contributed by atoms with E-state index in [1.165, 1.54) is 0 Å². The highest BCUT2D eigenvalue weighted by Crippen LogP contribution is 2.20. The molecule has 0 spiro atoms. The highest BCUT2D eigenvalue weighted by atomic mass is 16.5. The highest BCUT2D eigenvalue weighted by Gasteiger charge is 2.18. The van der Waals surface area contributed by atoms with Gasteiger partial charge in [-0.25, -0.2) is 0 Å². The third-order valence-electron chi connectivity index (χ3n) is 3.27. The van der Waals surface area contributed by atoms with Crippen molar-refractivity contribution >= 4 is 5.91 Å². The zero-order valence-corrected chi connectivity index (χ0v) is 12.9. The first kappa shape index (κ1) is 15.3. The van der Waals surface area contributed by atoms with E-state index in [0.717, 1.165) is 30.0 Å². The Balaban J connectivity index is 2.11. The third kappa shape index (κ3) is 3.94.